The van der Waals surface area contributed by atoms with Crippen molar-refractivity contribution in [2.45, 2.75) is 32.9 Å². The fourth-order valence-corrected chi connectivity index (χ4v) is 1.94. The molecule has 1 rings (SSSR count). The van der Waals surface area contributed by atoms with E-state index in [1.165, 1.54) is 11.3 Å². The first-order valence-electron chi connectivity index (χ1n) is 4.89. The van der Waals surface area contributed by atoms with Crippen LogP contribution in [0.15, 0.2) is 6.20 Å². The molecule has 1 aromatic rings. The van der Waals surface area contributed by atoms with Crippen LogP contribution in [-0.4, -0.2) is 23.1 Å². The summed E-state index contributed by atoms with van der Waals surface area (Å²) in [5.74, 6) is -0.268. The molecule has 0 fully saturated rings. The number of thiazole rings is 1. The molecular weight excluding hydrogens is 248 g/mol. The average Bonchev–Trinajstić information content (AvgIpc) is 2.48. The van der Waals surface area contributed by atoms with Crippen molar-refractivity contribution in [1.29, 1.82) is 0 Å². The first kappa shape index (κ1) is 13.4. The number of halogens is 1. The van der Waals surface area contributed by atoms with E-state index in [1.807, 2.05) is 20.8 Å². The van der Waals surface area contributed by atoms with E-state index in [-0.39, 0.29) is 12.5 Å². The zero-order valence-corrected chi connectivity index (χ0v) is 11.1. The van der Waals surface area contributed by atoms with Gasteiger partial charge >= 0.3 is 5.97 Å². The Bertz CT molecular complexity index is 360. The number of aromatic nitrogens is 1. The van der Waals surface area contributed by atoms with E-state index in [0.29, 0.717) is 10.9 Å². The minimum atomic E-state index is -0.441. The molecule has 0 aromatic carbocycles. The number of carbonyl (C=O) groups excluding carboxylic acids is 1. The van der Waals surface area contributed by atoms with Gasteiger partial charge in [-0.3, -0.25) is 4.79 Å². The monoisotopic (exact) mass is 262 g/mol. The lowest BCUT2D eigenvalue weighted by atomic mass is 10.2. The summed E-state index contributed by atoms with van der Waals surface area (Å²) in [7, 11) is 0. The topological polar surface area (TPSA) is 51.2 Å². The van der Waals surface area contributed by atoms with Crippen LogP contribution < -0.4 is 5.32 Å². The maximum atomic E-state index is 11.3. The second kappa shape index (κ2) is 5.61. The van der Waals surface area contributed by atoms with Gasteiger partial charge in [0.25, 0.3) is 0 Å². The lowest BCUT2D eigenvalue weighted by molar-refractivity contribution is -0.153. The highest BCUT2D eigenvalue weighted by atomic mass is 35.5. The molecule has 6 heteroatoms. The lowest BCUT2D eigenvalue weighted by Crippen LogP contribution is -2.31. The predicted molar refractivity (Wildman–Crippen MR) is 64.7 cm³/mol. The summed E-state index contributed by atoms with van der Waals surface area (Å²) in [4.78, 5) is 15.4. The largest absolute Gasteiger partial charge is 0.459 e. The van der Waals surface area contributed by atoms with Crippen LogP contribution in [0.3, 0.4) is 0 Å². The maximum Gasteiger partial charge on any atom is 0.320 e. The number of carbonyl (C=O) groups is 1. The van der Waals surface area contributed by atoms with Crippen LogP contribution in [-0.2, 0) is 16.1 Å². The van der Waals surface area contributed by atoms with Crippen molar-refractivity contribution in [3.63, 3.8) is 0 Å². The van der Waals surface area contributed by atoms with Crippen LogP contribution in [0.5, 0.6) is 0 Å². The van der Waals surface area contributed by atoms with E-state index in [2.05, 4.69) is 10.3 Å². The maximum absolute atomic E-state index is 11.3. The molecule has 0 saturated carbocycles. The smallest absolute Gasteiger partial charge is 0.320 e. The Morgan fingerprint density at radius 3 is 2.81 bits per heavy atom. The van der Waals surface area contributed by atoms with Crippen molar-refractivity contribution in [1.82, 2.24) is 10.3 Å². The summed E-state index contributed by atoms with van der Waals surface area (Å²) >= 11 is 7.12. The molecule has 1 heterocycles. The first-order valence-corrected chi connectivity index (χ1v) is 6.09. The first-order chi connectivity index (χ1) is 7.37. The minimum absolute atomic E-state index is 0.175. The minimum Gasteiger partial charge on any atom is -0.459 e. The lowest BCUT2D eigenvalue weighted by Gasteiger charge is -2.19. The van der Waals surface area contributed by atoms with Gasteiger partial charge in [0, 0.05) is 6.54 Å². The summed E-state index contributed by atoms with van der Waals surface area (Å²) in [5, 5.41) is 3.81. The Labute approximate surface area is 104 Å². The molecule has 0 saturated heterocycles. The van der Waals surface area contributed by atoms with Gasteiger partial charge in [0.05, 0.1) is 12.7 Å². The van der Waals surface area contributed by atoms with Gasteiger partial charge in [-0.1, -0.05) is 11.6 Å². The highest BCUT2D eigenvalue weighted by molar-refractivity contribution is 7.15. The van der Waals surface area contributed by atoms with Gasteiger partial charge in [0.2, 0.25) is 0 Å². The normalized spacial score (nSPS) is 11.5. The van der Waals surface area contributed by atoms with E-state index in [0.717, 1.165) is 5.01 Å². The molecule has 0 aliphatic rings. The van der Waals surface area contributed by atoms with Gasteiger partial charge in [-0.25, -0.2) is 4.98 Å². The summed E-state index contributed by atoms with van der Waals surface area (Å²) < 4.78 is 5.78. The van der Waals surface area contributed by atoms with Crippen LogP contribution in [0.1, 0.15) is 25.8 Å². The molecule has 0 spiro atoms. The van der Waals surface area contributed by atoms with Crippen LogP contribution in [0, 0.1) is 0 Å². The molecule has 90 valence electrons. The van der Waals surface area contributed by atoms with Crippen molar-refractivity contribution in [2.75, 3.05) is 6.54 Å². The Morgan fingerprint density at radius 2 is 2.31 bits per heavy atom. The van der Waals surface area contributed by atoms with Crippen molar-refractivity contribution >= 4 is 28.9 Å². The molecule has 1 aromatic heterocycles. The van der Waals surface area contributed by atoms with E-state index < -0.39 is 5.60 Å². The molecule has 1 N–H and O–H groups in total. The molecule has 4 nitrogen and oxygen atoms in total. The number of hydrogen-bond acceptors (Lipinski definition) is 5. The van der Waals surface area contributed by atoms with Crippen LogP contribution in [0.2, 0.25) is 4.34 Å². The Morgan fingerprint density at radius 1 is 1.62 bits per heavy atom. The number of rotatable bonds is 4. The van der Waals surface area contributed by atoms with Crippen LogP contribution in [0.4, 0.5) is 0 Å². The Hall–Kier alpha value is -0.650. The summed E-state index contributed by atoms with van der Waals surface area (Å²) in [5.41, 5.74) is -0.441. The molecule has 0 bridgehead atoms. The number of esters is 1. The zero-order chi connectivity index (χ0) is 12.2. The Kier molecular flexibility index (Phi) is 4.70. The van der Waals surface area contributed by atoms with E-state index >= 15 is 0 Å². The van der Waals surface area contributed by atoms with Gasteiger partial charge in [0.1, 0.15) is 14.9 Å². The SMILES string of the molecule is CC(C)(C)OC(=O)CNCc1ncc(Cl)s1. The third-order valence-corrected chi connectivity index (χ3v) is 2.61. The van der Waals surface area contributed by atoms with E-state index in [4.69, 9.17) is 16.3 Å². The molecule has 0 radical (unpaired) electrons. The number of nitrogens with one attached hydrogen (secondary N) is 1. The summed E-state index contributed by atoms with van der Waals surface area (Å²) in [6.45, 7) is 6.22. The van der Waals surface area contributed by atoms with Gasteiger partial charge in [-0.05, 0) is 20.8 Å². The quantitative estimate of drug-likeness (QED) is 0.846. The van der Waals surface area contributed by atoms with Crippen LogP contribution >= 0.6 is 22.9 Å². The molecule has 0 unspecified atom stereocenters. The summed E-state index contributed by atoms with van der Waals surface area (Å²) in [6.07, 6.45) is 1.59. The van der Waals surface area contributed by atoms with Crippen molar-refractivity contribution in [3.8, 4) is 0 Å². The summed E-state index contributed by atoms with van der Waals surface area (Å²) in [6, 6.07) is 0. The molecule has 0 atom stereocenters. The predicted octanol–water partition coefficient (Wildman–Crippen LogP) is 2.23. The second-order valence-corrected chi connectivity index (χ2v) is 5.99. The van der Waals surface area contributed by atoms with Crippen LogP contribution in [0.25, 0.3) is 0 Å². The van der Waals surface area contributed by atoms with Gasteiger partial charge < -0.3 is 10.1 Å². The standard InChI is InChI=1S/C10H15ClN2O2S/c1-10(2,3)15-9(14)6-12-5-8-13-4-7(11)16-8/h4,12H,5-6H2,1-3H3. The second-order valence-electron chi connectivity index (χ2n) is 4.25. The fourth-order valence-electron chi connectivity index (χ4n) is 1.02. The molecule has 0 amide bonds. The van der Waals surface area contributed by atoms with Crippen molar-refractivity contribution in [3.05, 3.63) is 15.5 Å². The average molecular weight is 263 g/mol. The molecule has 16 heavy (non-hydrogen) atoms. The van der Waals surface area contributed by atoms with E-state index in [1.54, 1.807) is 6.20 Å². The van der Waals surface area contributed by atoms with Crippen molar-refractivity contribution < 1.29 is 9.53 Å². The third-order valence-electron chi connectivity index (χ3n) is 1.49. The third kappa shape index (κ3) is 5.44. The fraction of sp³-hybridized carbons (Fsp3) is 0.600. The molecular formula is C10H15ClN2O2S. The van der Waals surface area contributed by atoms with Gasteiger partial charge in [-0.15, -0.1) is 11.3 Å². The molecule has 0 aliphatic heterocycles. The Balaban J connectivity index is 2.23. The zero-order valence-electron chi connectivity index (χ0n) is 9.54. The highest BCUT2D eigenvalue weighted by Crippen LogP contribution is 2.17. The van der Waals surface area contributed by atoms with Crippen molar-refractivity contribution in [2.24, 2.45) is 0 Å². The number of nitrogens with zero attached hydrogens (tertiary/aromatic N) is 1. The van der Waals surface area contributed by atoms with Gasteiger partial charge in [0.15, 0.2) is 0 Å². The van der Waals surface area contributed by atoms with Gasteiger partial charge in [-0.2, -0.15) is 0 Å². The number of ether oxygens (including phenoxy) is 1. The molecule has 0 aliphatic carbocycles. The van der Waals surface area contributed by atoms with E-state index in [9.17, 15) is 4.79 Å². The highest BCUT2D eigenvalue weighted by Gasteiger charge is 2.15. The number of hydrogen-bond donors (Lipinski definition) is 1.